The molecule has 18 heavy (non-hydrogen) atoms. The third-order valence-corrected chi connectivity index (χ3v) is 3.05. The van der Waals surface area contributed by atoms with Crippen molar-refractivity contribution in [1.29, 1.82) is 0 Å². The van der Waals surface area contributed by atoms with E-state index in [9.17, 15) is 4.39 Å². The molecule has 0 amide bonds. The van der Waals surface area contributed by atoms with Crippen molar-refractivity contribution >= 4 is 0 Å². The standard InChI is InChI=1S/C16H17FO/c1-11(2)14-5-4-6-15(17)16(14)12-7-9-13(18-3)10-8-12/h4-11H,1-3H3. The molecule has 0 saturated carbocycles. The Morgan fingerprint density at radius 2 is 1.67 bits per heavy atom. The fourth-order valence-corrected chi connectivity index (χ4v) is 2.08. The summed E-state index contributed by atoms with van der Waals surface area (Å²) < 4.78 is 19.2. The van der Waals surface area contributed by atoms with Crippen molar-refractivity contribution in [3.05, 3.63) is 53.8 Å². The first kappa shape index (κ1) is 12.6. The number of hydrogen-bond donors (Lipinski definition) is 0. The van der Waals surface area contributed by atoms with Gasteiger partial charge < -0.3 is 4.74 Å². The highest BCUT2D eigenvalue weighted by atomic mass is 19.1. The van der Waals surface area contributed by atoms with Crippen LogP contribution >= 0.6 is 0 Å². The summed E-state index contributed by atoms with van der Waals surface area (Å²) >= 11 is 0. The molecule has 0 N–H and O–H groups in total. The molecule has 94 valence electrons. The van der Waals surface area contributed by atoms with E-state index in [1.807, 2.05) is 30.3 Å². The van der Waals surface area contributed by atoms with Crippen LogP contribution in [0, 0.1) is 5.82 Å². The Bertz CT molecular complexity index is 529. The van der Waals surface area contributed by atoms with Crippen molar-refractivity contribution < 1.29 is 9.13 Å². The van der Waals surface area contributed by atoms with Gasteiger partial charge in [0.25, 0.3) is 0 Å². The zero-order valence-corrected chi connectivity index (χ0v) is 10.9. The van der Waals surface area contributed by atoms with Gasteiger partial charge in [-0.15, -0.1) is 0 Å². The highest BCUT2D eigenvalue weighted by molar-refractivity contribution is 5.69. The fourth-order valence-electron chi connectivity index (χ4n) is 2.08. The zero-order chi connectivity index (χ0) is 13.1. The van der Waals surface area contributed by atoms with Crippen LogP contribution in [0.15, 0.2) is 42.5 Å². The second kappa shape index (κ2) is 5.21. The number of ether oxygens (including phenoxy) is 1. The molecular formula is C16H17FO. The largest absolute Gasteiger partial charge is 0.497 e. The predicted octanol–water partition coefficient (Wildman–Crippen LogP) is 4.62. The van der Waals surface area contributed by atoms with Crippen molar-refractivity contribution in [3.8, 4) is 16.9 Å². The van der Waals surface area contributed by atoms with E-state index in [1.54, 1.807) is 13.2 Å². The molecule has 0 saturated heterocycles. The van der Waals surface area contributed by atoms with Crippen molar-refractivity contribution in [2.24, 2.45) is 0 Å². The second-order valence-electron chi connectivity index (χ2n) is 4.59. The van der Waals surface area contributed by atoms with E-state index in [-0.39, 0.29) is 11.7 Å². The van der Waals surface area contributed by atoms with Gasteiger partial charge in [0.2, 0.25) is 0 Å². The molecule has 0 unspecified atom stereocenters. The zero-order valence-electron chi connectivity index (χ0n) is 10.9. The Balaban J connectivity index is 2.54. The Labute approximate surface area is 107 Å². The van der Waals surface area contributed by atoms with Crippen LogP contribution in [-0.2, 0) is 0 Å². The van der Waals surface area contributed by atoms with Gasteiger partial charge in [0.1, 0.15) is 11.6 Å². The molecule has 0 aliphatic rings. The summed E-state index contributed by atoms with van der Waals surface area (Å²) in [5.41, 5.74) is 2.60. The van der Waals surface area contributed by atoms with Gasteiger partial charge in [0.15, 0.2) is 0 Å². The van der Waals surface area contributed by atoms with Crippen LogP contribution < -0.4 is 4.74 Å². The van der Waals surface area contributed by atoms with Gasteiger partial charge in [0.05, 0.1) is 7.11 Å². The van der Waals surface area contributed by atoms with E-state index in [2.05, 4.69) is 13.8 Å². The van der Waals surface area contributed by atoms with Crippen LogP contribution in [0.1, 0.15) is 25.3 Å². The first-order valence-corrected chi connectivity index (χ1v) is 6.06. The molecule has 2 aromatic carbocycles. The molecule has 0 aliphatic carbocycles. The summed E-state index contributed by atoms with van der Waals surface area (Å²) in [5, 5.41) is 0. The quantitative estimate of drug-likeness (QED) is 0.765. The molecule has 0 bridgehead atoms. The molecule has 2 heteroatoms. The van der Waals surface area contributed by atoms with E-state index >= 15 is 0 Å². The van der Waals surface area contributed by atoms with E-state index in [0.717, 1.165) is 16.9 Å². The SMILES string of the molecule is COc1ccc(-c2c(F)cccc2C(C)C)cc1. The minimum Gasteiger partial charge on any atom is -0.497 e. The molecule has 2 aromatic rings. The normalized spacial score (nSPS) is 10.7. The molecule has 0 spiro atoms. The van der Waals surface area contributed by atoms with Crippen LogP contribution in [0.25, 0.3) is 11.1 Å². The van der Waals surface area contributed by atoms with E-state index in [0.29, 0.717) is 5.56 Å². The van der Waals surface area contributed by atoms with Gasteiger partial charge in [0, 0.05) is 5.56 Å². The summed E-state index contributed by atoms with van der Waals surface area (Å²) in [7, 11) is 1.62. The molecule has 0 radical (unpaired) electrons. The molecular weight excluding hydrogens is 227 g/mol. The van der Waals surface area contributed by atoms with E-state index in [4.69, 9.17) is 4.74 Å². The van der Waals surface area contributed by atoms with Crippen LogP contribution in [0.2, 0.25) is 0 Å². The highest BCUT2D eigenvalue weighted by Crippen LogP contribution is 2.32. The molecule has 0 atom stereocenters. The van der Waals surface area contributed by atoms with Crippen molar-refractivity contribution in [2.75, 3.05) is 7.11 Å². The smallest absolute Gasteiger partial charge is 0.131 e. The Kier molecular flexibility index (Phi) is 3.66. The molecule has 0 aliphatic heterocycles. The maximum Gasteiger partial charge on any atom is 0.131 e. The van der Waals surface area contributed by atoms with Crippen LogP contribution in [0.3, 0.4) is 0 Å². The summed E-state index contributed by atoms with van der Waals surface area (Å²) in [5.74, 6) is 0.894. The lowest BCUT2D eigenvalue weighted by Crippen LogP contribution is -1.95. The third-order valence-electron chi connectivity index (χ3n) is 3.05. The number of rotatable bonds is 3. The monoisotopic (exact) mass is 244 g/mol. The summed E-state index contributed by atoms with van der Waals surface area (Å²) in [4.78, 5) is 0. The highest BCUT2D eigenvalue weighted by Gasteiger charge is 2.13. The van der Waals surface area contributed by atoms with E-state index in [1.165, 1.54) is 6.07 Å². The minimum atomic E-state index is -0.175. The van der Waals surface area contributed by atoms with Crippen molar-refractivity contribution in [3.63, 3.8) is 0 Å². The molecule has 0 aromatic heterocycles. The van der Waals surface area contributed by atoms with Crippen LogP contribution in [0.4, 0.5) is 4.39 Å². The Morgan fingerprint density at radius 3 is 2.22 bits per heavy atom. The predicted molar refractivity (Wildman–Crippen MR) is 72.5 cm³/mol. The Hall–Kier alpha value is -1.83. The van der Waals surface area contributed by atoms with Crippen molar-refractivity contribution in [1.82, 2.24) is 0 Å². The fraction of sp³-hybridized carbons (Fsp3) is 0.250. The van der Waals surface area contributed by atoms with E-state index < -0.39 is 0 Å². The first-order chi connectivity index (χ1) is 8.63. The maximum absolute atomic E-state index is 14.0. The first-order valence-electron chi connectivity index (χ1n) is 6.06. The lowest BCUT2D eigenvalue weighted by molar-refractivity contribution is 0.415. The van der Waals surface area contributed by atoms with Crippen LogP contribution in [0.5, 0.6) is 5.75 Å². The van der Waals surface area contributed by atoms with Gasteiger partial charge in [-0.2, -0.15) is 0 Å². The number of methoxy groups -OCH3 is 1. The molecule has 0 heterocycles. The lowest BCUT2D eigenvalue weighted by atomic mass is 9.92. The van der Waals surface area contributed by atoms with Crippen molar-refractivity contribution in [2.45, 2.75) is 19.8 Å². The second-order valence-corrected chi connectivity index (χ2v) is 4.59. The Morgan fingerprint density at radius 1 is 1.00 bits per heavy atom. The summed E-state index contributed by atoms with van der Waals surface area (Å²) in [6, 6.07) is 12.7. The number of halogens is 1. The van der Waals surface area contributed by atoms with Crippen LogP contribution in [-0.4, -0.2) is 7.11 Å². The van der Waals surface area contributed by atoms with Gasteiger partial charge in [-0.1, -0.05) is 38.1 Å². The summed E-state index contributed by atoms with van der Waals surface area (Å²) in [6.45, 7) is 4.14. The maximum atomic E-state index is 14.0. The van der Waals surface area contributed by atoms with Gasteiger partial charge in [-0.05, 0) is 35.2 Å². The average molecular weight is 244 g/mol. The number of hydrogen-bond acceptors (Lipinski definition) is 1. The third kappa shape index (κ3) is 2.37. The average Bonchev–Trinajstić information content (AvgIpc) is 2.38. The van der Waals surface area contributed by atoms with Gasteiger partial charge in [-0.25, -0.2) is 4.39 Å². The number of benzene rings is 2. The molecule has 1 nitrogen and oxygen atoms in total. The summed E-state index contributed by atoms with van der Waals surface area (Å²) in [6.07, 6.45) is 0. The van der Waals surface area contributed by atoms with Gasteiger partial charge >= 0.3 is 0 Å². The minimum absolute atomic E-state index is 0.175. The lowest BCUT2D eigenvalue weighted by Gasteiger charge is -2.14. The van der Waals surface area contributed by atoms with Gasteiger partial charge in [-0.3, -0.25) is 0 Å². The topological polar surface area (TPSA) is 9.23 Å². The molecule has 2 rings (SSSR count). The molecule has 0 fully saturated rings.